The van der Waals surface area contributed by atoms with Crippen molar-refractivity contribution in [1.82, 2.24) is 4.90 Å². The third kappa shape index (κ3) is 4.02. The Balaban J connectivity index is 1.81. The van der Waals surface area contributed by atoms with Gasteiger partial charge in [-0.3, -0.25) is 4.79 Å². The van der Waals surface area contributed by atoms with Crippen molar-refractivity contribution in [3.63, 3.8) is 0 Å². The lowest BCUT2D eigenvalue weighted by Gasteiger charge is -2.27. The molecule has 3 rings (SSSR count). The molecular weight excluding hydrogens is 322 g/mol. The van der Waals surface area contributed by atoms with Gasteiger partial charge in [0, 0.05) is 24.2 Å². The molecule has 0 radical (unpaired) electrons. The van der Waals surface area contributed by atoms with Crippen molar-refractivity contribution in [1.29, 1.82) is 0 Å². The first-order chi connectivity index (χ1) is 12.2. The number of carbonyl (C=O) groups is 2. The lowest BCUT2D eigenvalue weighted by atomic mass is 10.1. The van der Waals surface area contributed by atoms with Crippen LogP contribution in [0.15, 0.2) is 42.2 Å². The molecule has 2 aliphatic heterocycles. The van der Waals surface area contributed by atoms with Crippen LogP contribution in [0.1, 0.15) is 29.3 Å². The Hall–Kier alpha value is -2.76. The smallest absolute Gasteiger partial charge is 0.338 e. The van der Waals surface area contributed by atoms with Gasteiger partial charge in [-0.25, -0.2) is 4.79 Å². The fourth-order valence-electron chi connectivity index (χ4n) is 2.78. The zero-order valence-corrected chi connectivity index (χ0v) is 14.2. The van der Waals surface area contributed by atoms with Crippen molar-refractivity contribution < 1.29 is 23.8 Å². The first-order valence-electron chi connectivity index (χ1n) is 8.39. The Kier molecular flexibility index (Phi) is 5.38. The maximum Gasteiger partial charge on any atom is 0.338 e. The fourth-order valence-corrected chi connectivity index (χ4v) is 2.78. The molecule has 0 atom stereocenters. The Labute approximate surface area is 146 Å². The Bertz CT molecular complexity index is 723. The van der Waals surface area contributed by atoms with E-state index in [0.717, 1.165) is 12.0 Å². The second-order valence-electron chi connectivity index (χ2n) is 5.77. The van der Waals surface area contributed by atoms with Crippen LogP contribution >= 0.6 is 0 Å². The third-order valence-electron chi connectivity index (χ3n) is 4.05. The van der Waals surface area contributed by atoms with Crippen LogP contribution in [0.2, 0.25) is 0 Å². The predicted octanol–water partition coefficient (Wildman–Crippen LogP) is 2.44. The summed E-state index contributed by atoms with van der Waals surface area (Å²) in [5.74, 6) is 0.225. The van der Waals surface area contributed by atoms with E-state index in [2.05, 4.69) is 0 Å². The van der Waals surface area contributed by atoms with E-state index in [1.165, 1.54) is 0 Å². The summed E-state index contributed by atoms with van der Waals surface area (Å²) >= 11 is 0. The molecule has 132 valence electrons. The molecular formula is C19H21NO5. The van der Waals surface area contributed by atoms with Crippen molar-refractivity contribution in [3.05, 3.63) is 53.3 Å². The van der Waals surface area contributed by atoms with Crippen molar-refractivity contribution in [2.45, 2.75) is 19.9 Å². The highest BCUT2D eigenvalue weighted by molar-refractivity contribution is 5.96. The number of amides is 1. The van der Waals surface area contributed by atoms with E-state index < -0.39 is 0 Å². The van der Waals surface area contributed by atoms with Crippen molar-refractivity contribution in [3.8, 4) is 5.75 Å². The summed E-state index contributed by atoms with van der Waals surface area (Å²) in [5, 5.41) is 0. The molecule has 6 heteroatoms. The number of benzene rings is 1. The fraction of sp³-hybridized carbons (Fsp3) is 0.368. The van der Waals surface area contributed by atoms with E-state index in [-0.39, 0.29) is 11.9 Å². The maximum absolute atomic E-state index is 12.7. The number of nitrogens with zero attached hydrogens (tertiary/aromatic N) is 1. The molecule has 2 heterocycles. The number of hydrogen-bond acceptors (Lipinski definition) is 5. The normalized spacial score (nSPS) is 16.5. The lowest BCUT2D eigenvalue weighted by Crippen LogP contribution is -2.34. The zero-order valence-electron chi connectivity index (χ0n) is 14.2. The third-order valence-corrected chi connectivity index (χ3v) is 4.05. The number of hydrogen-bond donors (Lipinski definition) is 0. The molecule has 0 saturated carbocycles. The number of ether oxygens (including phenoxy) is 3. The highest BCUT2D eigenvalue weighted by atomic mass is 16.5. The standard InChI is InChI=1S/C19H21NO5/c1-2-24-19(22)15-4-5-16-13-20(8-3-9-25-17(16)12-15)18(21)14-6-10-23-11-7-14/h4-7,10,12H,2-3,8-9,11,13H2,1H3. The van der Waals surface area contributed by atoms with E-state index in [9.17, 15) is 9.59 Å². The van der Waals surface area contributed by atoms with Gasteiger partial charge >= 0.3 is 5.97 Å². The summed E-state index contributed by atoms with van der Waals surface area (Å²) in [6, 6.07) is 5.22. The van der Waals surface area contributed by atoms with Gasteiger partial charge in [0.05, 0.1) is 25.0 Å². The SMILES string of the molecule is CCOC(=O)c1ccc2c(c1)OCCCN(C(=O)C1=CCOC=C1)C2. The van der Waals surface area contributed by atoms with E-state index in [0.29, 0.717) is 49.8 Å². The van der Waals surface area contributed by atoms with Crippen LogP contribution in [-0.2, 0) is 20.8 Å². The predicted molar refractivity (Wildman–Crippen MR) is 91.1 cm³/mol. The summed E-state index contributed by atoms with van der Waals surface area (Å²) in [6.45, 7) is 4.04. The van der Waals surface area contributed by atoms with Crippen LogP contribution in [0.25, 0.3) is 0 Å². The zero-order chi connectivity index (χ0) is 17.6. The molecule has 0 unspecified atom stereocenters. The van der Waals surface area contributed by atoms with Gasteiger partial charge in [0.1, 0.15) is 12.4 Å². The first kappa shape index (κ1) is 17.1. The topological polar surface area (TPSA) is 65.1 Å². The van der Waals surface area contributed by atoms with Gasteiger partial charge in [-0.1, -0.05) is 6.07 Å². The molecule has 0 fully saturated rings. The van der Waals surface area contributed by atoms with Gasteiger partial charge in [0.25, 0.3) is 5.91 Å². The quantitative estimate of drug-likeness (QED) is 0.789. The Morgan fingerprint density at radius 3 is 2.96 bits per heavy atom. The van der Waals surface area contributed by atoms with Gasteiger partial charge in [-0.2, -0.15) is 0 Å². The number of esters is 1. The second kappa shape index (κ2) is 7.88. The summed E-state index contributed by atoms with van der Waals surface area (Å²) < 4.78 is 15.9. The molecule has 0 saturated heterocycles. The molecule has 1 amide bonds. The molecule has 0 aromatic heterocycles. The minimum absolute atomic E-state index is 0.0260. The van der Waals surface area contributed by atoms with Gasteiger partial charge in [0.2, 0.25) is 0 Å². The molecule has 6 nitrogen and oxygen atoms in total. The van der Waals surface area contributed by atoms with Crippen LogP contribution in [0, 0.1) is 0 Å². The molecule has 1 aromatic rings. The maximum atomic E-state index is 12.7. The van der Waals surface area contributed by atoms with Gasteiger partial charge in [0.15, 0.2) is 0 Å². The number of carbonyl (C=O) groups excluding carboxylic acids is 2. The van der Waals surface area contributed by atoms with Crippen molar-refractivity contribution in [2.24, 2.45) is 0 Å². The molecule has 2 aliphatic rings. The average Bonchev–Trinajstić information content (AvgIpc) is 2.62. The van der Waals surface area contributed by atoms with E-state index >= 15 is 0 Å². The van der Waals surface area contributed by atoms with Gasteiger partial charge < -0.3 is 19.1 Å². The highest BCUT2D eigenvalue weighted by Gasteiger charge is 2.22. The summed E-state index contributed by atoms with van der Waals surface area (Å²) in [4.78, 5) is 26.4. The highest BCUT2D eigenvalue weighted by Crippen LogP contribution is 2.26. The monoisotopic (exact) mass is 343 g/mol. The summed E-state index contributed by atoms with van der Waals surface area (Å²) in [5.41, 5.74) is 1.96. The van der Waals surface area contributed by atoms with E-state index in [1.54, 1.807) is 42.4 Å². The van der Waals surface area contributed by atoms with E-state index in [1.807, 2.05) is 6.07 Å². The molecule has 25 heavy (non-hydrogen) atoms. The molecule has 0 N–H and O–H groups in total. The van der Waals surface area contributed by atoms with Crippen LogP contribution in [0.5, 0.6) is 5.75 Å². The van der Waals surface area contributed by atoms with Crippen LogP contribution in [-0.4, -0.2) is 43.1 Å². The number of rotatable bonds is 3. The Morgan fingerprint density at radius 1 is 1.32 bits per heavy atom. The van der Waals surface area contributed by atoms with Crippen molar-refractivity contribution in [2.75, 3.05) is 26.4 Å². The summed E-state index contributed by atoms with van der Waals surface area (Å²) in [7, 11) is 0. The van der Waals surface area contributed by atoms with Gasteiger partial charge in [-0.15, -0.1) is 0 Å². The lowest BCUT2D eigenvalue weighted by molar-refractivity contribution is -0.127. The molecule has 0 aliphatic carbocycles. The molecule has 0 bridgehead atoms. The first-order valence-corrected chi connectivity index (χ1v) is 8.39. The van der Waals surface area contributed by atoms with Crippen molar-refractivity contribution >= 4 is 11.9 Å². The summed E-state index contributed by atoms with van der Waals surface area (Å²) in [6.07, 6.45) is 5.73. The number of fused-ring (bicyclic) bond motifs is 1. The second-order valence-corrected chi connectivity index (χ2v) is 5.77. The van der Waals surface area contributed by atoms with Crippen LogP contribution in [0.3, 0.4) is 0 Å². The molecule has 1 aromatic carbocycles. The van der Waals surface area contributed by atoms with Gasteiger partial charge in [-0.05, 0) is 37.6 Å². The average molecular weight is 343 g/mol. The van der Waals surface area contributed by atoms with Crippen LogP contribution in [0.4, 0.5) is 0 Å². The Morgan fingerprint density at radius 2 is 2.20 bits per heavy atom. The van der Waals surface area contributed by atoms with Crippen LogP contribution < -0.4 is 4.74 Å². The van der Waals surface area contributed by atoms with E-state index in [4.69, 9.17) is 14.2 Å². The molecule has 0 spiro atoms. The minimum Gasteiger partial charge on any atom is -0.497 e. The minimum atomic E-state index is -0.374. The largest absolute Gasteiger partial charge is 0.497 e.